The molecule has 0 spiro atoms. The van der Waals surface area contributed by atoms with Crippen molar-refractivity contribution in [3.63, 3.8) is 0 Å². The standard InChI is InChI=1S/C24H30ClN3O/c1-16-17(2)24-22(14-19(16)5-3-4-18-10-12-26-13-11-18)27-23(28-24)15-29-21-8-6-20(25)7-9-21/h6-9,14,18,26H,3-5,10-13,15H2,1-2H3,(H,27,28). The van der Waals surface area contributed by atoms with Crippen LogP contribution in [-0.2, 0) is 13.0 Å². The summed E-state index contributed by atoms with van der Waals surface area (Å²) in [5.41, 5.74) is 6.25. The third-order valence-corrected chi connectivity index (χ3v) is 6.46. The Balaban J connectivity index is 1.43. The zero-order valence-corrected chi connectivity index (χ0v) is 18.1. The maximum atomic E-state index is 5.93. The molecule has 4 nitrogen and oxygen atoms in total. The minimum Gasteiger partial charge on any atom is -0.486 e. The SMILES string of the molecule is Cc1c(CCCC2CCNCC2)cc2[nH]c(COc3ccc(Cl)cc3)nc2c1C. The second-order valence-electron chi connectivity index (χ2n) is 8.19. The van der Waals surface area contributed by atoms with E-state index in [0.29, 0.717) is 11.6 Å². The first-order valence-corrected chi connectivity index (χ1v) is 11.0. The molecule has 29 heavy (non-hydrogen) atoms. The number of ether oxygens (including phenoxy) is 1. The summed E-state index contributed by atoms with van der Waals surface area (Å²) < 4.78 is 5.85. The molecule has 0 bridgehead atoms. The van der Waals surface area contributed by atoms with E-state index < -0.39 is 0 Å². The van der Waals surface area contributed by atoms with E-state index in [9.17, 15) is 0 Å². The molecule has 154 valence electrons. The van der Waals surface area contributed by atoms with Crippen LogP contribution in [0.15, 0.2) is 30.3 Å². The van der Waals surface area contributed by atoms with Gasteiger partial charge in [-0.3, -0.25) is 0 Å². The number of rotatable bonds is 7. The Bertz CT molecular complexity index is 958. The second-order valence-corrected chi connectivity index (χ2v) is 8.63. The summed E-state index contributed by atoms with van der Waals surface area (Å²) in [6, 6.07) is 9.71. The third kappa shape index (κ3) is 4.93. The lowest BCUT2D eigenvalue weighted by Crippen LogP contribution is -2.27. The minimum atomic E-state index is 0.417. The van der Waals surface area contributed by atoms with Crippen LogP contribution in [0.4, 0.5) is 0 Å². The molecule has 2 heterocycles. The van der Waals surface area contributed by atoms with Crippen LogP contribution in [0.1, 0.15) is 48.2 Å². The van der Waals surface area contributed by atoms with Crippen molar-refractivity contribution in [1.29, 1.82) is 0 Å². The fraction of sp³-hybridized carbons (Fsp3) is 0.458. The Morgan fingerprint density at radius 3 is 2.62 bits per heavy atom. The fourth-order valence-corrected chi connectivity index (χ4v) is 4.42. The van der Waals surface area contributed by atoms with Gasteiger partial charge in [-0.25, -0.2) is 4.98 Å². The van der Waals surface area contributed by atoms with Crippen molar-refractivity contribution in [2.24, 2.45) is 5.92 Å². The normalized spacial score (nSPS) is 15.1. The van der Waals surface area contributed by atoms with E-state index in [-0.39, 0.29) is 0 Å². The first-order valence-electron chi connectivity index (χ1n) is 10.7. The zero-order valence-electron chi connectivity index (χ0n) is 17.4. The number of H-pyrrole nitrogens is 1. The Kier molecular flexibility index (Phi) is 6.41. The molecule has 0 atom stereocenters. The largest absolute Gasteiger partial charge is 0.486 e. The van der Waals surface area contributed by atoms with Crippen LogP contribution in [0, 0.1) is 19.8 Å². The van der Waals surface area contributed by atoms with E-state index in [4.69, 9.17) is 21.3 Å². The fourth-order valence-electron chi connectivity index (χ4n) is 4.29. The van der Waals surface area contributed by atoms with Crippen molar-refractivity contribution in [1.82, 2.24) is 15.3 Å². The molecule has 1 aromatic heterocycles. The van der Waals surface area contributed by atoms with Gasteiger partial charge in [-0.15, -0.1) is 0 Å². The lowest BCUT2D eigenvalue weighted by molar-refractivity contribution is 0.297. The van der Waals surface area contributed by atoms with E-state index in [1.165, 1.54) is 55.5 Å². The van der Waals surface area contributed by atoms with Gasteiger partial charge in [0.25, 0.3) is 0 Å². The molecule has 1 aliphatic rings. The van der Waals surface area contributed by atoms with Crippen LogP contribution in [0.2, 0.25) is 5.02 Å². The number of hydrogen-bond acceptors (Lipinski definition) is 3. The van der Waals surface area contributed by atoms with Crippen LogP contribution in [-0.4, -0.2) is 23.1 Å². The summed E-state index contributed by atoms with van der Waals surface area (Å²) >= 11 is 5.93. The van der Waals surface area contributed by atoms with Crippen LogP contribution in [0.25, 0.3) is 11.0 Å². The zero-order chi connectivity index (χ0) is 20.2. The van der Waals surface area contributed by atoms with Crippen LogP contribution >= 0.6 is 11.6 Å². The lowest BCUT2D eigenvalue weighted by atomic mass is 9.90. The molecule has 4 rings (SSSR count). The van der Waals surface area contributed by atoms with Gasteiger partial charge in [-0.1, -0.05) is 18.0 Å². The van der Waals surface area contributed by atoms with Gasteiger partial charge in [0.15, 0.2) is 0 Å². The number of imidazole rings is 1. The molecule has 0 unspecified atom stereocenters. The molecule has 2 aromatic carbocycles. The number of halogens is 1. The number of fused-ring (bicyclic) bond motifs is 1. The summed E-state index contributed by atoms with van der Waals surface area (Å²) in [4.78, 5) is 8.24. The topological polar surface area (TPSA) is 49.9 Å². The van der Waals surface area contributed by atoms with Crippen molar-refractivity contribution >= 4 is 22.6 Å². The Labute approximate surface area is 178 Å². The number of nitrogens with one attached hydrogen (secondary N) is 2. The van der Waals surface area contributed by atoms with Gasteiger partial charge in [-0.2, -0.15) is 0 Å². The molecule has 5 heteroatoms. The van der Waals surface area contributed by atoms with E-state index in [0.717, 1.165) is 34.9 Å². The Hall–Kier alpha value is -2.04. The number of aryl methyl sites for hydroxylation is 2. The summed E-state index contributed by atoms with van der Waals surface area (Å²) in [7, 11) is 0. The molecule has 0 saturated carbocycles. The molecule has 1 fully saturated rings. The number of aromatic nitrogens is 2. The number of benzene rings is 2. The van der Waals surface area contributed by atoms with Gasteiger partial charge in [0.2, 0.25) is 0 Å². The van der Waals surface area contributed by atoms with Crippen molar-refractivity contribution in [3.8, 4) is 5.75 Å². The number of aromatic amines is 1. The van der Waals surface area contributed by atoms with Gasteiger partial charge in [0.1, 0.15) is 18.2 Å². The van der Waals surface area contributed by atoms with Gasteiger partial charge in [0, 0.05) is 5.02 Å². The summed E-state index contributed by atoms with van der Waals surface area (Å²) in [6.07, 6.45) is 6.39. The first-order chi connectivity index (χ1) is 14.1. The van der Waals surface area contributed by atoms with Crippen molar-refractivity contribution in [2.75, 3.05) is 13.1 Å². The highest BCUT2D eigenvalue weighted by molar-refractivity contribution is 6.30. The minimum absolute atomic E-state index is 0.417. The average molecular weight is 412 g/mol. The second kappa shape index (κ2) is 9.19. The monoisotopic (exact) mass is 411 g/mol. The Morgan fingerprint density at radius 2 is 1.86 bits per heavy atom. The first kappa shape index (κ1) is 20.2. The van der Waals surface area contributed by atoms with Gasteiger partial charge in [-0.05, 0) is 106 Å². The molecule has 0 aliphatic carbocycles. The number of piperidine rings is 1. The smallest absolute Gasteiger partial charge is 0.146 e. The predicted octanol–water partition coefficient (Wildman–Crippen LogP) is 5.73. The van der Waals surface area contributed by atoms with E-state index in [1.54, 1.807) is 0 Å². The summed E-state index contributed by atoms with van der Waals surface area (Å²) in [6.45, 7) is 7.19. The molecular weight excluding hydrogens is 382 g/mol. The van der Waals surface area contributed by atoms with Gasteiger partial charge >= 0.3 is 0 Å². The van der Waals surface area contributed by atoms with Crippen molar-refractivity contribution < 1.29 is 4.74 Å². The highest BCUT2D eigenvalue weighted by Crippen LogP contribution is 2.27. The Morgan fingerprint density at radius 1 is 1.10 bits per heavy atom. The van der Waals surface area contributed by atoms with Crippen molar-refractivity contribution in [2.45, 2.75) is 52.6 Å². The van der Waals surface area contributed by atoms with Gasteiger partial charge in [0.05, 0.1) is 11.0 Å². The predicted molar refractivity (Wildman–Crippen MR) is 120 cm³/mol. The lowest BCUT2D eigenvalue weighted by Gasteiger charge is -2.22. The number of hydrogen-bond donors (Lipinski definition) is 2. The molecule has 1 saturated heterocycles. The van der Waals surface area contributed by atoms with E-state index >= 15 is 0 Å². The van der Waals surface area contributed by atoms with Crippen LogP contribution in [0.5, 0.6) is 5.75 Å². The maximum absolute atomic E-state index is 5.93. The molecule has 0 radical (unpaired) electrons. The summed E-state index contributed by atoms with van der Waals surface area (Å²) in [5, 5.41) is 4.17. The maximum Gasteiger partial charge on any atom is 0.146 e. The van der Waals surface area contributed by atoms with E-state index in [1.807, 2.05) is 24.3 Å². The molecule has 0 amide bonds. The van der Waals surface area contributed by atoms with E-state index in [2.05, 4.69) is 30.2 Å². The quantitative estimate of drug-likeness (QED) is 0.521. The number of nitrogens with zero attached hydrogens (tertiary/aromatic N) is 1. The third-order valence-electron chi connectivity index (χ3n) is 6.21. The molecule has 2 N–H and O–H groups in total. The average Bonchev–Trinajstić information content (AvgIpc) is 3.15. The highest BCUT2D eigenvalue weighted by Gasteiger charge is 2.15. The molecular formula is C24H30ClN3O. The molecule has 1 aliphatic heterocycles. The summed E-state index contributed by atoms with van der Waals surface area (Å²) in [5.74, 6) is 2.54. The van der Waals surface area contributed by atoms with Crippen molar-refractivity contribution in [3.05, 3.63) is 57.9 Å². The highest BCUT2D eigenvalue weighted by atomic mass is 35.5. The molecule has 3 aromatic rings. The van der Waals surface area contributed by atoms with Crippen LogP contribution in [0.3, 0.4) is 0 Å². The van der Waals surface area contributed by atoms with Gasteiger partial charge < -0.3 is 15.0 Å². The van der Waals surface area contributed by atoms with Crippen LogP contribution < -0.4 is 10.1 Å².